The molecule has 11 rings (SSSR count). The van der Waals surface area contributed by atoms with Crippen molar-refractivity contribution in [1.29, 1.82) is 0 Å². The van der Waals surface area contributed by atoms with Gasteiger partial charge in [-0.2, -0.15) is 0 Å². The quantitative estimate of drug-likeness (QED) is 0.172. The summed E-state index contributed by atoms with van der Waals surface area (Å²) in [5, 5.41) is 3.57. The first-order valence-corrected chi connectivity index (χ1v) is 18.7. The van der Waals surface area contributed by atoms with Crippen molar-refractivity contribution < 1.29 is 0 Å². The lowest BCUT2D eigenvalue weighted by Crippen LogP contribution is -1.96. The van der Waals surface area contributed by atoms with Crippen LogP contribution in [0.25, 0.3) is 100 Å². The predicted octanol–water partition coefficient (Wildman–Crippen LogP) is 12.1. The van der Waals surface area contributed by atoms with E-state index >= 15 is 0 Å². The SMILES string of the molecule is c1ccc(-n2c3cc(-c4ccc5c6ccccc6n(-c6ccc(-c7cc(-c8ccccn8)nc(-c8ccccn8)c7)cc6)c5c4)ccc3c3ncccc32)cc1. The van der Waals surface area contributed by atoms with Gasteiger partial charge in [-0.1, -0.05) is 78.9 Å². The second-order valence-electron chi connectivity index (χ2n) is 14.0. The molecule has 262 valence electrons. The Morgan fingerprint density at radius 3 is 1.54 bits per heavy atom. The summed E-state index contributed by atoms with van der Waals surface area (Å²) in [5.74, 6) is 0. The van der Waals surface area contributed by atoms with Crippen LogP contribution in [0, 0.1) is 0 Å². The largest absolute Gasteiger partial charge is 0.309 e. The Hall–Kier alpha value is -7.70. The first kappa shape index (κ1) is 31.8. The average molecular weight is 717 g/mol. The topological polar surface area (TPSA) is 61.4 Å². The highest BCUT2D eigenvalue weighted by Gasteiger charge is 2.17. The molecule has 6 heterocycles. The highest BCUT2D eigenvalue weighted by Crippen LogP contribution is 2.38. The standard InChI is InChI=1S/C50H32N6/c1-2-11-37(12-3-1)56-47-17-10-28-53-50(47)41-25-21-35(32-49(41)56)34-20-24-40-39-13-4-5-16-46(39)55(48(40)31-34)38-22-18-33(19-23-38)36-29-44(42-14-6-8-26-51-42)54-45(30-36)43-15-7-9-27-52-43/h1-32H. The third kappa shape index (κ3) is 5.27. The summed E-state index contributed by atoms with van der Waals surface area (Å²) in [5.41, 5.74) is 15.4. The lowest BCUT2D eigenvalue weighted by atomic mass is 10.0. The number of benzene rings is 5. The summed E-state index contributed by atoms with van der Waals surface area (Å²) in [6.45, 7) is 0. The van der Waals surface area contributed by atoms with Gasteiger partial charge in [-0.15, -0.1) is 0 Å². The van der Waals surface area contributed by atoms with E-state index in [1.54, 1.807) is 12.4 Å². The van der Waals surface area contributed by atoms with Crippen LogP contribution in [0.2, 0.25) is 0 Å². The van der Waals surface area contributed by atoms with Gasteiger partial charge < -0.3 is 9.13 Å². The number of pyridine rings is 4. The van der Waals surface area contributed by atoms with Crippen LogP contribution in [0.15, 0.2) is 195 Å². The molecule has 56 heavy (non-hydrogen) atoms. The Morgan fingerprint density at radius 2 is 0.839 bits per heavy atom. The molecule has 6 heteroatoms. The lowest BCUT2D eigenvalue weighted by molar-refractivity contribution is 1.17. The number of hydrogen-bond acceptors (Lipinski definition) is 4. The van der Waals surface area contributed by atoms with Gasteiger partial charge in [-0.25, -0.2) is 4.98 Å². The van der Waals surface area contributed by atoms with Crippen molar-refractivity contribution in [2.75, 3.05) is 0 Å². The van der Waals surface area contributed by atoms with E-state index in [2.05, 4.69) is 153 Å². The zero-order chi connectivity index (χ0) is 37.0. The average Bonchev–Trinajstić information content (AvgIpc) is 3.79. The molecular formula is C50H32N6. The Bertz CT molecular complexity index is 3160. The third-order valence-electron chi connectivity index (χ3n) is 10.7. The first-order chi connectivity index (χ1) is 27.8. The van der Waals surface area contributed by atoms with Gasteiger partial charge in [0.1, 0.15) is 0 Å². The number of nitrogens with zero attached hydrogens (tertiary/aromatic N) is 6. The maximum absolute atomic E-state index is 4.97. The van der Waals surface area contributed by atoms with Gasteiger partial charge in [-0.3, -0.25) is 15.0 Å². The molecule has 0 aliphatic carbocycles. The van der Waals surface area contributed by atoms with E-state index < -0.39 is 0 Å². The van der Waals surface area contributed by atoms with E-state index in [0.717, 1.165) is 89.4 Å². The monoisotopic (exact) mass is 716 g/mol. The first-order valence-electron chi connectivity index (χ1n) is 18.7. The van der Waals surface area contributed by atoms with Crippen LogP contribution in [0.3, 0.4) is 0 Å². The molecule has 0 aliphatic rings. The second kappa shape index (κ2) is 13.0. The number of hydrogen-bond donors (Lipinski definition) is 0. The van der Waals surface area contributed by atoms with Crippen LogP contribution in [-0.4, -0.2) is 29.1 Å². The molecule has 0 bridgehead atoms. The van der Waals surface area contributed by atoms with Crippen molar-refractivity contribution in [2.24, 2.45) is 0 Å². The van der Waals surface area contributed by atoms with Crippen molar-refractivity contribution in [2.45, 2.75) is 0 Å². The minimum absolute atomic E-state index is 0.807. The normalized spacial score (nSPS) is 11.6. The summed E-state index contributed by atoms with van der Waals surface area (Å²) in [7, 11) is 0. The molecule has 0 saturated carbocycles. The molecule has 5 aromatic carbocycles. The molecule has 0 radical (unpaired) electrons. The van der Waals surface area contributed by atoms with Crippen LogP contribution < -0.4 is 0 Å². The van der Waals surface area contributed by atoms with Gasteiger partial charge in [0.25, 0.3) is 0 Å². The predicted molar refractivity (Wildman–Crippen MR) is 228 cm³/mol. The number of aromatic nitrogens is 6. The van der Waals surface area contributed by atoms with Gasteiger partial charge >= 0.3 is 0 Å². The summed E-state index contributed by atoms with van der Waals surface area (Å²) < 4.78 is 4.70. The van der Waals surface area contributed by atoms with Crippen LogP contribution in [-0.2, 0) is 0 Å². The van der Waals surface area contributed by atoms with Gasteiger partial charge in [0, 0.05) is 46.1 Å². The summed E-state index contributed by atoms with van der Waals surface area (Å²) in [4.78, 5) is 19.0. The number of rotatable bonds is 6. The summed E-state index contributed by atoms with van der Waals surface area (Å²) in [6.07, 6.45) is 5.48. The van der Waals surface area contributed by atoms with Gasteiger partial charge in [0.05, 0.1) is 50.4 Å². The van der Waals surface area contributed by atoms with E-state index in [1.165, 1.54) is 10.8 Å². The summed E-state index contributed by atoms with van der Waals surface area (Å²) >= 11 is 0. The van der Waals surface area contributed by atoms with E-state index in [-0.39, 0.29) is 0 Å². The van der Waals surface area contributed by atoms with Crippen LogP contribution in [0.5, 0.6) is 0 Å². The minimum Gasteiger partial charge on any atom is -0.309 e. The van der Waals surface area contributed by atoms with Crippen molar-refractivity contribution in [3.05, 3.63) is 195 Å². The Balaban J connectivity index is 1.04. The fraction of sp³-hybridized carbons (Fsp3) is 0. The van der Waals surface area contributed by atoms with Crippen LogP contribution >= 0.6 is 0 Å². The molecule has 0 saturated heterocycles. The molecular weight excluding hydrogens is 685 g/mol. The fourth-order valence-electron chi connectivity index (χ4n) is 8.09. The summed E-state index contributed by atoms with van der Waals surface area (Å²) in [6, 6.07) is 61.8. The molecule has 0 N–H and O–H groups in total. The highest BCUT2D eigenvalue weighted by atomic mass is 15.0. The van der Waals surface area contributed by atoms with Crippen molar-refractivity contribution in [1.82, 2.24) is 29.1 Å². The van der Waals surface area contributed by atoms with Crippen LogP contribution in [0.1, 0.15) is 0 Å². The maximum atomic E-state index is 4.97. The molecule has 11 aromatic rings. The number of fused-ring (bicyclic) bond motifs is 6. The molecule has 0 fully saturated rings. The molecule has 0 aliphatic heterocycles. The van der Waals surface area contributed by atoms with Crippen LogP contribution in [0.4, 0.5) is 0 Å². The third-order valence-corrected chi connectivity index (χ3v) is 10.7. The molecule has 0 spiro atoms. The second-order valence-corrected chi connectivity index (χ2v) is 14.0. The zero-order valence-corrected chi connectivity index (χ0v) is 30.2. The maximum Gasteiger partial charge on any atom is 0.0963 e. The van der Waals surface area contributed by atoms with E-state index in [1.807, 2.05) is 48.7 Å². The fourth-order valence-corrected chi connectivity index (χ4v) is 8.09. The van der Waals surface area contributed by atoms with E-state index in [9.17, 15) is 0 Å². The Morgan fingerprint density at radius 1 is 0.304 bits per heavy atom. The molecule has 0 amide bonds. The zero-order valence-electron chi connectivity index (χ0n) is 30.2. The minimum atomic E-state index is 0.807. The van der Waals surface area contributed by atoms with Gasteiger partial charge in [-0.05, 0) is 119 Å². The molecule has 6 nitrogen and oxygen atoms in total. The molecule has 6 aromatic heterocycles. The highest BCUT2D eigenvalue weighted by molar-refractivity contribution is 6.11. The van der Waals surface area contributed by atoms with Gasteiger partial charge in [0.15, 0.2) is 0 Å². The van der Waals surface area contributed by atoms with Crippen molar-refractivity contribution in [3.8, 4) is 56.4 Å². The van der Waals surface area contributed by atoms with E-state index in [4.69, 9.17) is 9.97 Å². The van der Waals surface area contributed by atoms with Crippen molar-refractivity contribution in [3.63, 3.8) is 0 Å². The number of para-hydroxylation sites is 2. The Kier molecular flexibility index (Phi) is 7.38. The molecule has 0 atom stereocenters. The Labute approximate surface area is 322 Å². The van der Waals surface area contributed by atoms with Crippen molar-refractivity contribution >= 4 is 43.7 Å². The molecule has 0 unspecified atom stereocenters. The smallest absolute Gasteiger partial charge is 0.0963 e. The van der Waals surface area contributed by atoms with Gasteiger partial charge in [0.2, 0.25) is 0 Å². The van der Waals surface area contributed by atoms with E-state index in [0.29, 0.717) is 0 Å². The lowest BCUT2D eigenvalue weighted by Gasteiger charge is -2.12.